The van der Waals surface area contributed by atoms with Crippen LogP contribution in [-0.2, 0) is 0 Å². The molecule has 0 aliphatic heterocycles. The first kappa shape index (κ1) is 16.1. The lowest BCUT2D eigenvalue weighted by atomic mass is 9.45. The van der Waals surface area contributed by atoms with Crippen molar-refractivity contribution in [3.8, 4) is 0 Å². The van der Waals surface area contributed by atoms with Crippen LogP contribution in [0.4, 0.5) is 0 Å². The van der Waals surface area contributed by atoms with Crippen molar-refractivity contribution >= 4 is 12.4 Å². The summed E-state index contributed by atoms with van der Waals surface area (Å²) in [6.07, 6.45) is 14.7. The Balaban J connectivity index is 0.00000132. The maximum absolute atomic E-state index is 6.51. The second-order valence-electron chi connectivity index (χ2n) is 9.13. The lowest BCUT2D eigenvalue weighted by Gasteiger charge is -2.60. The molecule has 122 valence electrons. The van der Waals surface area contributed by atoms with Gasteiger partial charge < -0.3 is 5.73 Å². The van der Waals surface area contributed by atoms with Crippen LogP contribution in [0, 0.1) is 34.5 Å². The minimum atomic E-state index is 0. The first-order chi connectivity index (χ1) is 9.56. The maximum atomic E-state index is 6.51. The number of hydrogen-bond donors (Lipinski definition) is 1. The monoisotopic (exact) mass is 311 g/mol. The summed E-state index contributed by atoms with van der Waals surface area (Å²) in [4.78, 5) is 0. The lowest BCUT2D eigenvalue weighted by Crippen LogP contribution is -2.54. The van der Waals surface area contributed by atoms with E-state index in [9.17, 15) is 0 Å². The van der Waals surface area contributed by atoms with Gasteiger partial charge in [0.15, 0.2) is 0 Å². The summed E-state index contributed by atoms with van der Waals surface area (Å²) in [6.45, 7) is 5.20. The molecule has 4 fully saturated rings. The Hall–Kier alpha value is 0.250. The van der Waals surface area contributed by atoms with Gasteiger partial charge in [-0.2, -0.15) is 0 Å². The van der Waals surface area contributed by atoms with E-state index in [0.29, 0.717) is 16.9 Å². The largest absolute Gasteiger partial charge is 0.327 e. The maximum Gasteiger partial charge on any atom is 0.00957 e. The fraction of sp³-hybridized carbons (Fsp3) is 1.00. The third-order valence-corrected chi connectivity index (χ3v) is 8.66. The quantitative estimate of drug-likeness (QED) is 0.656. The third kappa shape index (κ3) is 2.13. The molecule has 0 radical (unpaired) electrons. The van der Waals surface area contributed by atoms with E-state index in [-0.39, 0.29) is 12.4 Å². The summed E-state index contributed by atoms with van der Waals surface area (Å²) in [6, 6.07) is 0.491. The van der Waals surface area contributed by atoms with E-state index in [1.165, 1.54) is 64.2 Å². The zero-order valence-electron chi connectivity index (χ0n) is 13.9. The first-order valence-electron chi connectivity index (χ1n) is 9.31. The van der Waals surface area contributed by atoms with Gasteiger partial charge in [-0.15, -0.1) is 12.4 Å². The number of halogens is 1. The number of rotatable bonds is 0. The number of fused-ring (bicyclic) bond motifs is 5. The Bertz CT molecular complexity index is 397. The molecule has 0 aromatic heterocycles. The van der Waals surface area contributed by atoms with Gasteiger partial charge in [0.1, 0.15) is 0 Å². The van der Waals surface area contributed by atoms with Crippen LogP contribution in [0.5, 0.6) is 0 Å². The van der Waals surface area contributed by atoms with Gasteiger partial charge in [-0.1, -0.05) is 26.7 Å². The van der Waals surface area contributed by atoms with Crippen LogP contribution >= 0.6 is 12.4 Å². The summed E-state index contributed by atoms with van der Waals surface area (Å²) in [5, 5.41) is 0. The van der Waals surface area contributed by atoms with Crippen molar-refractivity contribution in [1.29, 1.82) is 0 Å². The number of nitrogens with two attached hydrogens (primary N) is 1. The van der Waals surface area contributed by atoms with E-state index in [4.69, 9.17) is 5.73 Å². The summed E-state index contributed by atoms with van der Waals surface area (Å²) < 4.78 is 0. The Morgan fingerprint density at radius 2 is 1.52 bits per heavy atom. The molecule has 4 rings (SSSR count). The highest BCUT2D eigenvalue weighted by Gasteiger charge is 2.58. The van der Waals surface area contributed by atoms with Crippen molar-refractivity contribution in [3.63, 3.8) is 0 Å². The second-order valence-corrected chi connectivity index (χ2v) is 9.13. The van der Waals surface area contributed by atoms with Crippen molar-refractivity contribution in [1.82, 2.24) is 0 Å². The standard InChI is InChI=1S/C19H33N.ClH/c1-18-11-4-3-5-13(18)6-7-14-15-8-9-17(20)19(15,2)12-10-16(14)18;/h13-17H,3-12,20H2,1-2H3;1H/t13?,14?,15?,16?,17?,18-,19-;/m0./s1. The molecule has 4 saturated carbocycles. The van der Waals surface area contributed by atoms with E-state index in [0.717, 1.165) is 23.7 Å². The van der Waals surface area contributed by atoms with Gasteiger partial charge in [0.05, 0.1) is 0 Å². The predicted octanol–water partition coefficient (Wildman–Crippen LogP) is 5.17. The van der Waals surface area contributed by atoms with Gasteiger partial charge in [-0.3, -0.25) is 0 Å². The summed E-state index contributed by atoms with van der Waals surface area (Å²) in [5.41, 5.74) is 7.69. The minimum Gasteiger partial charge on any atom is -0.327 e. The molecule has 7 atom stereocenters. The second kappa shape index (κ2) is 5.41. The topological polar surface area (TPSA) is 26.0 Å². The van der Waals surface area contributed by atoms with Crippen LogP contribution in [-0.4, -0.2) is 6.04 Å². The fourth-order valence-corrected chi connectivity index (χ4v) is 7.34. The highest BCUT2D eigenvalue weighted by Crippen LogP contribution is 2.65. The molecule has 0 aromatic carbocycles. The molecule has 4 aliphatic carbocycles. The first-order valence-corrected chi connectivity index (χ1v) is 9.31. The molecule has 2 N–H and O–H groups in total. The van der Waals surface area contributed by atoms with Crippen molar-refractivity contribution < 1.29 is 0 Å². The minimum absolute atomic E-state index is 0. The van der Waals surface area contributed by atoms with E-state index < -0.39 is 0 Å². The highest BCUT2D eigenvalue weighted by molar-refractivity contribution is 5.85. The van der Waals surface area contributed by atoms with E-state index in [1.807, 2.05) is 0 Å². The average Bonchev–Trinajstić information content (AvgIpc) is 2.74. The van der Waals surface area contributed by atoms with Gasteiger partial charge in [0.2, 0.25) is 0 Å². The predicted molar refractivity (Wildman–Crippen MR) is 91.6 cm³/mol. The molecule has 0 amide bonds. The smallest absolute Gasteiger partial charge is 0.00957 e. The molecular formula is C19H34ClN. The van der Waals surface area contributed by atoms with Gasteiger partial charge in [-0.05, 0) is 85.9 Å². The van der Waals surface area contributed by atoms with Crippen LogP contribution in [0.2, 0.25) is 0 Å². The van der Waals surface area contributed by atoms with E-state index in [2.05, 4.69) is 13.8 Å². The molecule has 5 unspecified atom stereocenters. The van der Waals surface area contributed by atoms with Gasteiger partial charge in [-0.25, -0.2) is 0 Å². The molecule has 1 nitrogen and oxygen atoms in total. The van der Waals surface area contributed by atoms with Crippen molar-refractivity contribution in [3.05, 3.63) is 0 Å². The van der Waals surface area contributed by atoms with E-state index in [1.54, 1.807) is 0 Å². The molecule has 4 aliphatic rings. The normalized spacial score (nSPS) is 55.9. The summed E-state index contributed by atoms with van der Waals surface area (Å²) in [7, 11) is 0. The lowest BCUT2D eigenvalue weighted by molar-refractivity contribution is -0.105. The van der Waals surface area contributed by atoms with Crippen LogP contribution in [0.1, 0.15) is 78.1 Å². The molecule has 0 heterocycles. The molecule has 2 heteroatoms. The van der Waals surface area contributed by atoms with Crippen molar-refractivity contribution in [2.24, 2.45) is 40.2 Å². The van der Waals surface area contributed by atoms with Crippen molar-refractivity contribution in [2.75, 3.05) is 0 Å². The zero-order chi connectivity index (χ0) is 14.0. The van der Waals surface area contributed by atoms with Gasteiger partial charge >= 0.3 is 0 Å². The molecule has 0 spiro atoms. The van der Waals surface area contributed by atoms with Gasteiger partial charge in [0.25, 0.3) is 0 Å². The average molecular weight is 312 g/mol. The third-order valence-electron chi connectivity index (χ3n) is 8.66. The Morgan fingerprint density at radius 3 is 2.33 bits per heavy atom. The van der Waals surface area contributed by atoms with Crippen LogP contribution in [0.25, 0.3) is 0 Å². The number of hydrogen-bond acceptors (Lipinski definition) is 1. The van der Waals surface area contributed by atoms with E-state index >= 15 is 0 Å². The Kier molecular flexibility index (Phi) is 4.15. The Labute approximate surface area is 137 Å². The molecule has 21 heavy (non-hydrogen) atoms. The van der Waals surface area contributed by atoms with Crippen LogP contribution in [0.15, 0.2) is 0 Å². The summed E-state index contributed by atoms with van der Waals surface area (Å²) >= 11 is 0. The SMILES string of the molecule is C[C@]12CCCCC1CCC1C2CC[C@]2(C)C(N)CCC12.Cl. The molecular weight excluding hydrogens is 278 g/mol. The fourth-order valence-electron chi connectivity index (χ4n) is 7.34. The highest BCUT2D eigenvalue weighted by atomic mass is 35.5. The molecule has 0 saturated heterocycles. The van der Waals surface area contributed by atoms with Crippen molar-refractivity contribution in [2.45, 2.75) is 84.1 Å². The summed E-state index contributed by atoms with van der Waals surface area (Å²) in [5.74, 6) is 4.06. The molecule has 0 aromatic rings. The van der Waals surface area contributed by atoms with Gasteiger partial charge in [0, 0.05) is 6.04 Å². The molecule has 0 bridgehead atoms. The Morgan fingerprint density at radius 1 is 0.762 bits per heavy atom. The van der Waals surface area contributed by atoms with Crippen LogP contribution in [0.3, 0.4) is 0 Å². The van der Waals surface area contributed by atoms with Crippen LogP contribution < -0.4 is 5.73 Å². The zero-order valence-corrected chi connectivity index (χ0v) is 14.8.